The zero-order chi connectivity index (χ0) is 19.1. The second kappa shape index (κ2) is 9.07. The summed E-state index contributed by atoms with van der Waals surface area (Å²) in [6.45, 7) is 4.53. The molecule has 1 heterocycles. The number of carbonyl (C=O) groups excluding carboxylic acids is 2. The Morgan fingerprint density at radius 3 is 2.33 bits per heavy atom. The van der Waals surface area contributed by atoms with Crippen molar-refractivity contribution in [2.75, 3.05) is 35.2 Å². The van der Waals surface area contributed by atoms with Crippen LogP contribution in [0.4, 0.5) is 17.1 Å². The summed E-state index contributed by atoms with van der Waals surface area (Å²) in [7, 11) is 0. The summed E-state index contributed by atoms with van der Waals surface area (Å²) in [5.74, 6) is -0.144. The fourth-order valence-corrected chi connectivity index (χ4v) is 3.13. The summed E-state index contributed by atoms with van der Waals surface area (Å²) in [4.78, 5) is 26.6. The molecule has 0 atom stereocenters. The minimum absolute atomic E-state index is 0.256. The van der Waals surface area contributed by atoms with Gasteiger partial charge in [-0.25, -0.2) is 0 Å². The van der Waals surface area contributed by atoms with Gasteiger partial charge in [-0.3, -0.25) is 9.59 Å². The summed E-state index contributed by atoms with van der Waals surface area (Å²) in [5, 5.41) is 5.49. The van der Waals surface area contributed by atoms with Gasteiger partial charge in [0.25, 0.3) is 0 Å². The fraction of sp³-hybridized carbons (Fsp3) is 0.333. The van der Waals surface area contributed by atoms with Crippen LogP contribution in [0.25, 0.3) is 0 Å². The third kappa shape index (κ3) is 5.23. The fourth-order valence-electron chi connectivity index (χ4n) is 3.13. The molecule has 2 amide bonds. The summed E-state index contributed by atoms with van der Waals surface area (Å²) >= 11 is 0. The van der Waals surface area contributed by atoms with Gasteiger partial charge in [0, 0.05) is 24.5 Å². The molecule has 142 valence electrons. The van der Waals surface area contributed by atoms with Gasteiger partial charge in [-0.1, -0.05) is 12.1 Å². The van der Waals surface area contributed by atoms with Crippen LogP contribution in [0.3, 0.4) is 0 Å². The van der Waals surface area contributed by atoms with Crippen molar-refractivity contribution >= 4 is 28.9 Å². The molecule has 2 aromatic rings. The van der Waals surface area contributed by atoms with E-state index in [1.807, 2.05) is 37.3 Å². The molecule has 1 aliphatic heterocycles. The minimum Gasteiger partial charge on any atom is -0.492 e. The first-order chi connectivity index (χ1) is 13.2. The lowest BCUT2D eigenvalue weighted by Gasteiger charge is -2.17. The number of hydrogen-bond acceptors (Lipinski definition) is 4. The Labute approximate surface area is 159 Å². The molecule has 0 unspecified atom stereocenters. The average molecular weight is 367 g/mol. The predicted octanol–water partition coefficient (Wildman–Crippen LogP) is 3.65. The molecule has 0 bridgehead atoms. The number of carbonyl (C=O) groups is 2. The van der Waals surface area contributed by atoms with Gasteiger partial charge >= 0.3 is 0 Å². The van der Waals surface area contributed by atoms with Gasteiger partial charge in [0.2, 0.25) is 11.8 Å². The number of nitrogens with zero attached hydrogens (tertiary/aromatic N) is 1. The van der Waals surface area contributed by atoms with Crippen LogP contribution >= 0.6 is 0 Å². The molecule has 1 aliphatic rings. The van der Waals surface area contributed by atoms with E-state index in [9.17, 15) is 9.59 Å². The predicted molar refractivity (Wildman–Crippen MR) is 107 cm³/mol. The van der Waals surface area contributed by atoms with E-state index in [1.54, 1.807) is 18.2 Å². The van der Waals surface area contributed by atoms with E-state index in [0.717, 1.165) is 18.8 Å². The average Bonchev–Trinajstić information content (AvgIpc) is 3.19. The van der Waals surface area contributed by atoms with Crippen molar-refractivity contribution in [3.63, 3.8) is 0 Å². The van der Waals surface area contributed by atoms with Crippen molar-refractivity contribution in [2.45, 2.75) is 26.2 Å². The van der Waals surface area contributed by atoms with Crippen LogP contribution in [0.15, 0.2) is 48.5 Å². The second-order valence-corrected chi connectivity index (χ2v) is 6.44. The number of ether oxygens (including phenoxy) is 1. The van der Waals surface area contributed by atoms with E-state index in [0.29, 0.717) is 23.7 Å². The maximum Gasteiger partial charge on any atom is 0.233 e. The quantitative estimate of drug-likeness (QED) is 0.733. The monoisotopic (exact) mass is 367 g/mol. The van der Waals surface area contributed by atoms with Gasteiger partial charge in [0.15, 0.2) is 0 Å². The first kappa shape index (κ1) is 18.8. The lowest BCUT2D eigenvalue weighted by Crippen LogP contribution is -2.22. The molecule has 0 aromatic heterocycles. The molecule has 6 nitrogen and oxygen atoms in total. The zero-order valence-corrected chi connectivity index (χ0v) is 15.5. The highest BCUT2D eigenvalue weighted by Crippen LogP contribution is 2.24. The van der Waals surface area contributed by atoms with Crippen LogP contribution in [-0.4, -0.2) is 31.5 Å². The molecule has 1 fully saturated rings. The lowest BCUT2D eigenvalue weighted by molar-refractivity contribution is -0.123. The van der Waals surface area contributed by atoms with Crippen LogP contribution in [-0.2, 0) is 9.59 Å². The molecular formula is C21H25N3O3. The van der Waals surface area contributed by atoms with Gasteiger partial charge in [-0.2, -0.15) is 0 Å². The number of anilines is 3. The summed E-state index contributed by atoms with van der Waals surface area (Å²) < 4.78 is 5.47. The lowest BCUT2D eigenvalue weighted by atomic mass is 10.2. The molecule has 0 spiro atoms. The standard InChI is InChI=1S/C21H25N3O3/c1-2-27-19-8-4-3-7-18(19)23-21(26)15-20(25)22-16-9-11-17(12-10-16)24-13-5-6-14-24/h3-4,7-12H,2,5-6,13-15H2,1H3,(H,22,25)(H,23,26). The van der Waals surface area contributed by atoms with Crippen molar-refractivity contribution in [1.82, 2.24) is 0 Å². The largest absolute Gasteiger partial charge is 0.492 e. The summed E-state index contributed by atoms with van der Waals surface area (Å²) in [6, 6.07) is 14.9. The second-order valence-electron chi connectivity index (χ2n) is 6.44. The van der Waals surface area contributed by atoms with Crippen molar-refractivity contribution in [3.05, 3.63) is 48.5 Å². The molecule has 6 heteroatoms. The van der Waals surface area contributed by atoms with Crippen molar-refractivity contribution in [2.24, 2.45) is 0 Å². The first-order valence-electron chi connectivity index (χ1n) is 9.32. The van der Waals surface area contributed by atoms with Gasteiger partial charge in [-0.05, 0) is 56.2 Å². The third-order valence-electron chi connectivity index (χ3n) is 4.40. The Bertz CT molecular complexity index is 784. The van der Waals surface area contributed by atoms with E-state index < -0.39 is 0 Å². The Balaban J connectivity index is 1.52. The molecule has 0 radical (unpaired) electrons. The van der Waals surface area contributed by atoms with Crippen LogP contribution in [0.2, 0.25) is 0 Å². The third-order valence-corrected chi connectivity index (χ3v) is 4.40. The highest BCUT2D eigenvalue weighted by Gasteiger charge is 2.14. The first-order valence-corrected chi connectivity index (χ1v) is 9.32. The number of rotatable bonds is 7. The number of para-hydroxylation sites is 2. The number of benzene rings is 2. The van der Waals surface area contributed by atoms with Crippen LogP contribution in [0.5, 0.6) is 5.75 Å². The summed E-state index contributed by atoms with van der Waals surface area (Å²) in [6.07, 6.45) is 2.19. The van der Waals surface area contributed by atoms with Crippen LogP contribution < -0.4 is 20.3 Å². The highest BCUT2D eigenvalue weighted by molar-refractivity contribution is 6.08. The number of amides is 2. The Morgan fingerprint density at radius 1 is 0.963 bits per heavy atom. The Hall–Kier alpha value is -3.02. The SMILES string of the molecule is CCOc1ccccc1NC(=O)CC(=O)Nc1ccc(N2CCCC2)cc1. The van der Waals surface area contributed by atoms with Crippen molar-refractivity contribution < 1.29 is 14.3 Å². The van der Waals surface area contributed by atoms with E-state index in [2.05, 4.69) is 15.5 Å². The molecule has 0 saturated carbocycles. The number of hydrogen-bond donors (Lipinski definition) is 2. The Kier molecular flexibility index (Phi) is 6.30. The molecule has 0 aliphatic carbocycles. The van der Waals surface area contributed by atoms with E-state index >= 15 is 0 Å². The smallest absolute Gasteiger partial charge is 0.233 e. The topological polar surface area (TPSA) is 70.7 Å². The molecule has 2 N–H and O–H groups in total. The normalized spacial score (nSPS) is 13.3. The maximum absolute atomic E-state index is 12.2. The van der Waals surface area contributed by atoms with Gasteiger partial charge in [0.1, 0.15) is 12.2 Å². The van der Waals surface area contributed by atoms with E-state index in [1.165, 1.54) is 12.8 Å². The zero-order valence-electron chi connectivity index (χ0n) is 15.5. The minimum atomic E-state index is -0.381. The van der Waals surface area contributed by atoms with Gasteiger partial charge in [-0.15, -0.1) is 0 Å². The molecular weight excluding hydrogens is 342 g/mol. The van der Waals surface area contributed by atoms with Gasteiger partial charge in [0.05, 0.1) is 12.3 Å². The molecule has 1 saturated heterocycles. The highest BCUT2D eigenvalue weighted by atomic mass is 16.5. The molecule has 2 aromatic carbocycles. The molecule has 27 heavy (non-hydrogen) atoms. The molecule has 3 rings (SSSR count). The van der Waals surface area contributed by atoms with Crippen molar-refractivity contribution in [3.8, 4) is 5.75 Å². The van der Waals surface area contributed by atoms with Gasteiger partial charge < -0.3 is 20.3 Å². The van der Waals surface area contributed by atoms with Crippen LogP contribution in [0, 0.1) is 0 Å². The van der Waals surface area contributed by atoms with E-state index in [-0.39, 0.29) is 18.2 Å². The van der Waals surface area contributed by atoms with E-state index in [4.69, 9.17) is 4.74 Å². The summed E-state index contributed by atoms with van der Waals surface area (Å²) in [5.41, 5.74) is 2.41. The van der Waals surface area contributed by atoms with Crippen LogP contribution in [0.1, 0.15) is 26.2 Å². The Morgan fingerprint density at radius 2 is 1.63 bits per heavy atom. The van der Waals surface area contributed by atoms with Crippen molar-refractivity contribution in [1.29, 1.82) is 0 Å². The number of nitrogens with one attached hydrogen (secondary N) is 2. The maximum atomic E-state index is 12.2.